The lowest BCUT2D eigenvalue weighted by atomic mass is 9.72. The minimum atomic E-state index is -5.26. The highest BCUT2D eigenvalue weighted by molar-refractivity contribution is 7.45. The van der Waals surface area contributed by atoms with E-state index in [2.05, 4.69) is 43.8 Å². The van der Waals surface area contributed by atoms with Crippen molar-refractivity contribution in [3.63, 3.8) is 0 Å². The summed E-state index contributed by atoms with van der Waals surface area (Å²) in [7, 11) is -1.55. The minimum Gasteiger partial charge on any atom is -0.456 e. The molecule has 4 aliphatic rings. The molecule has 0 radical (unpaired) electrons. The Labute approximate surface area is 440 Å². The SMILES string of the molecule is CC(=O)N1c2cc3c(cc2-c2ccccc2C1(C)C)C1(OC(=O)c2ccc(C(=O)NCc4ccc(OP(OCCC#N)N(C(C)C)C(C)C)cc4)cc21)c1cc2c(cc1O3)N(C(=O)C(F)(F)F)C(C)(C)c1ccccc1-2. The number of nitrogens with one attached hydrogen (secondary N) is 1. The number of benzene rings is 6. The molecular formula is C59H55F3N5O8P. The molecule has 0 aliphatic carbocycles. The monoisotopic (exact) mass is 1050 g/mol. The largest absolute Gasteiger partial charge is 0.471 e. The van der Waals surface area contributed by atoms with Crippen molar-refractivity contribution in [2.75, 3.05) is 16.4 Å². The van der Waals surface area contributed by atoms with Crippen LogP contribution in [0.4, 0.5) is 24.5 Å². The molecule has 6 aromatic rings. The Morgan fingerprint density at radius 2 is 1.28 bits per heavy atom. The van der Waals surface area contributed by atoms with E-state index in [1.54, 1.807) is 73.3 Å². The van der Waals surface area contributed by atoms with Crippen LogP contribution >= 0.6 is 8.53 Å². The van der Waals surface area contributed by atoms with Crippen LogP contribution in [-0.2, 0) is 42.1 Å². The Kier molecular flexibility index (Phi) is 12.9. The average molecular weight is 1050 g/mol. The standard InChI is InChI=1S/C59H55F3N5O8P/c1-33(2)67(34(3)4)76(72-26-14-25-63)75-38-22-19-36(20-23-38)32-64-53(69)37-21-24-41-46(27-37)58(74-54(41)70)47-28-42-39-15-10-12-17-44(39)56(6,7)65(35(5)68)49(42)30-51(47)73-52-31-50-43(29-48(52)58)40-16-11-13-18-45(40)57(8,9)66(50)55(71)59(60,61)62/h10-13,15-24,27-31,33-34H,14,26,32H2,1-9H3,(H,64,69). The summed E-state index contributed by atoms with van der Waals surface area (Å²) < 4.78 is 72.2. The van der Waals surface area contributed by atoms with Crippen molar-refractivity contribution in [1.82, 2.24) is 9.99 Å². The highest BCUT2D eigenvalue weighted by Crippen LogP contribution is 2.62. The van der Waals surface area contributed by atoms with Crippen LogP contribution < -0.4 is 24.4 Å². The Balaban J connectivity index is 1.09. The maximum atomic E-state index is 14.7. The first-order valence-electron chi connectivity index (χ1n) is 25.0. The van der Waals surface area contributed by atoms with E-state index in [0.29, 0.717) is 33.7 Å². The first-order chi connectivity index (χ1) is 36.0. The van der Waals surface area contributed by atoms with Crippen LogP contribution in [0.1, 0.15) is 123 Å². The molecule has 0 aromatic heterocycles. The number of ether oxygens (including phenoxy) is 2. The summed E-state index contributed by atoms with van der Waals surface area (Å²) in [4.78, 5) is 58.7. The number of nitriles is 1. The second kappa shape index (κ2) is 18.9. The van der Waals surface area contributed by atoms with Gasteiger partial charge in [-0.3, -0.25) is 19.3 Å². The lowest BCUT2D eigenvalue weighted by Gasteiger charge is -2.47. The zero-order valence-electron chi connectivity index (χ0n) is 43.4. The summed E-state index contributed by atoms with van der Waals surface area (Å²) in [5, 5.41) is 12.1. The third-order valence-corrected chi connectivity index (χ3v) is 16.7. The molecule has 390 valence electrons. The van der Waals surface area contributed by atoms with Crippen LogP contribution in [-0.4, -0.2) is 53.2 Å². The van der Waals surface area contributed by atoms with E-state index in [0.717, 1.165) is 21.6 Å². The van der Waals surface area contributed by atoms with Gasteiger partial charge in [-0.2, -0.15) is 18.4 Å². The van der Waals surface area contributed by atoms with Gasteiger partial charge in [0.05, 0.1) is 47.1 Å². The second-order valence-electron chi connectivity index (χ2n) is 20.8. The maximum absolute atomic E-state index is 14.7. The number of halogens is 3. The van der Waals surface area contributed by atoms with Crippen LogP contribution in [0.15, 0.2) is 115 Å². The smallest absolute Gasteiger partial charge is 0.456 e. The van der Waals surface area contributed by atoms with Crippen molar-refractivity contribution in [2.45, 2.75) is 110 Å². The Morgan fingerprint density at radius 3 is 1.82 bits per heavy atom. The molecule has 4 heterocycles. The lowest BCUT2D eigenvalue weighted by molar-refractivity contribution is -0.171. The number of carbonyl (C=O) groups is 4. The zero-order chi connectivity index (χ0) is 54.4. The molecule has 10 rings (SSSR count). The number of hydrogen-bond acceptors (Lipinski definition) is 10. The molecule has 6 aromatic carbocycles. The van der Waals surface area contributed by atoms with Crippen LogP contribution in [0, 0.1) is 11.3 Å². The van der Waals surface area contributed by atoms with E-state index in [1.807, 2.05) is 56.3 Å². The van der Waals surface area contributed by atoms with Crippen molar-refractivity contribution in [1.29, 1.82) is 5.26 Å². The Bertz CT molecular complexity index is 3440. The molecular weight excluding hydrogens is 995 g/mol. The predicted molar refractivity (Wildman–Crippen MR) is 282 cm³/mol. The molecule has 2 unspecified atom stereocenters. The van der Waals surface area contributed by atoms with Crippen LogP contribution in [0.5, 0.6) is 17.2 Å². The van der Waals surface area contributed by atoms with Crippen LogP contribution in [0.3, 0.4) is 0 Å². The van der Waals surface area contributed by atoms with E-state index in [-0.39, 0.29) is 82.6 Å². The van der Waals surface area contributed by atoms with E-state index in [1.165, 1.54) is 25.1 Å². The molecule has 1 spiro atoms. The first-order valence-corrected chi connectivity index (χ1v) is 26.1. The molecule has 17 heteroatoms. The number of rotatable bonds is 11. The molecule has 0 saturated carbocycles. The number of carbonyl (C=O) groups excluding carboxylic acids is 4. The molecule has 0 fully saturated rings. The number of nitrogens with zero attached hydrogens (tertiary/aromatic N) is 4. The van der Waals surface area contributed by atoms with Crippen LogP contribution in [0.25, 0.3) is 22.3 Å². The Morgan fingerprint density at radius 1 is 0.724 bits per heavy atom. The third kappa shape index (κ3) is 8.36. The predicted octanol–water partition coefficient (Wildman–Crippen LogP) is 12.9. The van der Waals surface area contributed by atoms with Crippen LogP contribution in [0.2, 0.25) is 0 Å². The van der Waals surface area contributed by atoms with Crippen molar-refractivity contribution in [2.24, 2.45) is 0 Å². The average Bonchev–Trinajstić information content (AvgIpc) is 3.65. The van der Waals surface area contributed by atoms with Crippen molar-refractivity contribution < 1.29 is 50.9 Å². The highest BCUT2D eigenvalue weighted by atomic mass is 31.2. The number of hydrogen-bond donors (Lipinski definition) is 1. The van der Waals surface area contributed by atoms with Gasteiger partial charge >= 0.3 is 26.6 Å². The van der Waals surface area contributed by atoms with Crippen molar-refractivity contribution >= 4 is 43.6 Å². The molecule has 0 saturated heterocycles. The molecule has 3 amide bonds. The molecule has 2 atom stereocenters. The van der Waals surface area contributed by atoms with Gasteiger partial charge in [0.2, 0.25) is 5.91 Å². The molecule has 4 aliphatic heterocycles. The second-order valence-corrected chi connectivity index (χ2v) is 22.2. The zero-order valence-corrected chi connectivity index (χ0v) is 44.3. The summed E-state index contributed by atoms with van der Waals surface area (Å²) in [5.74, 6) is -2.91. The third-order valence-electron chi connectivity index (χ3n) is 14.6. The summed E-state index contributed by atoms with van der Waals surface area (Å²) in [6.45, 7) is 16.9. The number of amides is 3. The molecule has 1 N–H and O–H groups in total. The number of esters is 1. The maximum Gasteiger partial charge on any atom is 0.471 e. The summed E-state index contributed by atoms with van der Waals surface area (Å²) >= 11 is 0. The van der Waals surface area contributed by atoms with Gasteiger partial charge in [-0.15, -0.1) is 0 Å². The van der Waals surface area contributed by atoms with Gasteiger partial charge in [0.1, 0.15) is 17.2 Å². The summed E-state index contributed by atoms with van der Waals surface area (Å²) in [5.41, 5.74) is 1.57. The van der Waals surface area contributed by atoms with Gasteiger partial charge in [0, 0.05) is 71.1 Å². The quantitative estimate of drug-likeness (QED) is 0.0754. The van der Waals surface area contributed by atoms with E-state index in [9.17, 15) is 32.3 Å². The first kappa shape index (κ1) is 51.9. The minimum absolute atomic E-state index is 0.0171. The lowest BCUT2D eigenvalue weighted by Crippen LogP contribution is -2.53. The highest BCUT2D eigenvalue weighted by Gasteiger charge is 2.57. The topological polar surface area (TPSA) is 151 Å². The van der Waals surface area contributed by atoms with Gasteiger partial charge < -0.3 is 28.7 Å². The fourth-order valence-corrected chi connectivity index (χ4v) is 13.0. The van der Waals surface area contributed by atoms with E-state index >= 15 is 0 Å². The van der Waals surface area contributed by atoms with E-state index in [4.69, 9.17) is 23.8 Å². The molecule has 76 heavy (non-hydrogen) atoms. The van der Waals surface area contributed by atoms with Gasteiger partial charge in [-0.25, -0.2) is 9.46 Å². The number of anilines is 2. The normalized spacial score (nSPS) is 17.5. The summed E-state index contributed by atoms with van der Waals surface area (Å²) in [6, 6.07) is 35.2. The summed E-state index contributed by atoms with van der Waals surface area (Å²) in [6.07, 6.45) is -5.04. The molecule has 0 bridgehead atoms. The van der Waals surface area contributed by atoms with E-state index < -0.39 is 49.2 Å². The van der Waals surface area contributed by atoms with Gasteiger partial charge in [-0.05, 0) is 126 Å². The fraction of sp³-hybridized carbons (Fsp3) is 0.305. The van der Waals surface area contributed by atoms with Crippen molar-refractivity contribution in [3.05, 3.63) is 160 Å². The number of fused-ring (bicyclic) bond motifs is 12. The molecule has 13 nitrogen and oxygen atoms in total. The Hall–Kier alpha value is -7.57. The van der Waals surface area contributed by atoms with Gasteiger partial charge in [0.25, 0.3) is 5.91 Å². The van der Waals surface area contributed by atoms with Gasteiger partial charge in [0.15, 0.2) is 5.60 Å². The number of alkyl halides is 3. The van der Waals surface area contributed by atoms with Crippen molar-refractivity contribution in [3.8, 4) is 45.6 Å². The van der Waals surface area contributed by atoms with Gasteiger partial charge in [-0.1, -0.05) is 60.7 Å². The fourth-order valence-electron chi connectivity index (χ4n) is 11.5.